The summed E-state index contributed by atoms with van der Waals surface area (Å²) in [5.41, 5.74) is 2.89. The van der Waals surface area contributed by atoms with Gasteiger partial charge < -0.3 is 10.1 Å². The highest BCUT2D eigenvalue weighted by atomic mass is 19.1. The van der Waals surface area contributed by atoms with Crippen molar-refractivity contribution in [3.05, 3.63) is 59.2 Å². The predicted molar refractivity (Wildman–Crippen MR) is 78.8 cm³/mol. The van der Waals surface area contributed by atoms with Crippen molar-refractivity contribution < 1.29 is 13.5 Å². The molecule has 0 spiro atoms. The monoisotopic (exact) mass is 289 g/mol. The Bertz CT molecular complexity index is 657. The number of aryl methyl sites for hydroxylation is 1. The fraction of sp³-hybridized carbons (Fsp3) is 0.294. The average molecular weight is 289 g/mol. The molecule has 1 aliphatic rings. The molecule has 1 N–H and O–H groups in total. The Morgan fingerprint density at radius 2 is 1.95 bits per heavy atom. The number of benzene rings is 2. The van der Waals surface area contributed by atoms with E-state index in [1.54, 1.807) is 7.11 Å². The Kier molecular flexibility index (Phi) is 3.78. The molecule has 0 fully saturated rings. The molecule has 0 saturated heterocycles. The first-order valence-corrected chi connectivity index (χ1v) is 7.03. The van der Waals surface area contributed by atoms with Crippen LogP contribution in [0.15, 0.2) is 36.4 Å². The molecule has 0 bridgehead atoms. The SMILES string of the molecule is COc1ccc2c(c1)CC(Nc1ccc(F)cc1F)CC2. The van der Waals surface area contributed by atoms with Crippen LogP contribution in [0.2, 0.25) is 0 Å². The second kappa shape index (κ2) is 5.72. The second-order valence-corrected chi connectivity index (χ2v) is 5.34. The first kappa shape index (κ1) is 13.9. The standard InChI is InChI=1S/C17H17F2NO/c1-21-15-6-3-11-2-5-14(8-12(11)9-15)20-17-7-4-13(18)10-16(17)19/h3-4,6-7,9-10,14,20H,2,5,8H2,1H3. The van der Waals surface area contributed by atoms with Crippen LogP contribution < -0.4 is 10.1 Å². The third-order valence-electron chi connectivity index (χ3n) is 3.93. The maximum atomic E-state index is 13.7. The van der Waals surface area contributed by atoms with Gasteiger partial charge in [0, 0.05) is 12.1 Å². The Labute approximate surface area is 122 Å². The van der Waals surface area contributed by atoms with E-state index in [0.29, 0.717) is 5.69 Å². The number of hydrogen-bond acceptors (Lipinski definition) is 2. The smallest absolute Gasteiger partial charge is 0.149 e. The van der Waals surface area contributed by atoms with Gasteiger partial charge in [-0.15, -0.1) is 0 Å². The van der Waals surface area contributed by atoms with Crippen molar-refractivity contribution >= 4 is 5.69 Å². The van der Waals surface area contributed by atoms with Gasteiger partial charge in [0.2, 0.25) is 0 Å². The van der Waals surface area contributed by atoms with E-state index in [2.05, 4.69) is 11.4 Å². The lowest BCUT2D eigenvalue weighted by molar-refractivity contribution is 0.413. The highest BCUT2D eigenvalue weighted by Gasteiger charge is 2.20. The molecular weight excluding hydrogens is 272 g/mol. The minimum Gasteiger partial charge on any atom is -0.497 e. The maximum Gasteiger partial charge on any atom is 0.149 e. The van der Waals surface area contributed by atoms with Crippen LogP contribution in [0.4, 0.5) is 14.5 Å². The Hall–Kier alpha value is -2.10. The minimum absolute atomic E-state index is 0.143. The van der Waals surface area contributed by atoms with Gasteiger partial charge in [-0.2, -0.15) is 0 Å². The van der Waals surface area contributed by atoms with E-state index in [4.69, 9.17) is 4.74 Å². The van der Waals surface area contributed by atoms with Crippen LogP contribution in [0.25, 0.3) is 0 Å². The fourth-order valence-electron chi connectivity index (χ4n) is 2.81. The molecule has 0 amide bonds. The lowest BCUT2D eigenvalue weighted by Crippen LogP contribution is -2.27. The van der Waals surface area contributed by atoms with Crippen molar-refractivity contribution in [3.63, 3.8) is 0 Å². The number of rotatable bonds is 3. The molecule has 2 aromatic carbocycles. The largest absolute Gasteiger partial charge is 0.497 e. The molecule has 0 saturated carbocycles. The second-order valence-electron chi connectivity index (χ2n) is 5.34. The predicted octanol–water partition coefficient (Wildman–Crippen LogP) is 3.94. The number of hydrogen-bond donors (Lipinski definition) is 1. The van der Waals surface area contributed by atoms with Gasteiger partial charge in [-0.3, -0.25) is 0 Å². The van der Waals surface area contributed by atoms with Gasteiger partial charge in [0.25, 0.3) is 0 Å². The van der Waals surface area contributed by atoms with Gasteiger partial charge in [-0.05, 0) is 54.7 Å². The zero-order chi connectivity index (χ0) is 14.8. The van der Waals surface area contributed by atoms with E-state index in [1.165, 1.54) is 23.3 Å². The Morgan fingerprint density at radius 1 is 1.10 bits per heavy atom. The van der Waals surface area contributed by atoms with Gasteiger partial charge in [0.15, 0.2) is 0 Å². The minimum atomic E-state index is -0.559. The zero-order valence-electron chi connectivity index (χ0n) is 11.8. The van der Waals surface area contributed by atoms with Crippen molar-refractivity contribution in [2.75, 3.05) is 12.4 Å². The van der Waals surface area contributed by atoms with Gasteiger partial charge >= 0.3 is 0 Å². The molecule has 1 atom stereocenters. The number of anilines is 1. The van der Waals surface area contributed by atoms with Crippen molar-refractivity contribution in [2.24, 2.45) is 0 Å². The fourth-order valence-corrected chi connectivity index (χ4v) is 2.81. The van der Waals surface area contributed by atoms with Gasteiger partial charge in [0.05, 0.1) is 12.8 Å². The summed E-state index contributed by atoms with van der Waals surface area (Å²) >= 11 is 0. The average Bonchev–Trinajstić information content (AvgIpc) is 2.49. The Morgan fingerprint density at radius 3 is 2.71 bits per heavy atom. The first-order chi connectivity index (χ1) is 10.2. The van der Waals surface area contributed by atoms with E-state index in [-0.39, 0.29) is 6.04 Å². The molecule has 2 aromatic rings. The van der Waals surface area contributed by atoms with E-state index in [0.717, 1.165) is 31.1 Å². The van der Waals surface area contributed by atoms with Gasteiger partial charge in [0.1, 0.15) is 17.4 Å². The van der Waals surface area contributed by atoms with Crippen molar-refractivity contribution in [3.8, 4) is 5.75 Å². The summed E-state index contributed by atoms with van der Waals surface area (Å²) in [5.74, 6) is -0.273. The third kappa shape index (κ3) is 2.99. The highest BCUT2D eigenvalue weighted by molar-refractivity contribution is 5.47. The topological polar surface area (TPSA) is 21.3 Å². The molecule has 2 nitrogen and oxygen atoms in total. The van der Waals surface area contributed by atoms with Gasteiger partial charge in [-0.1, -0.05) is 6.07 Å². The van der Waals surface area contributed by atoms with Gasteiger partial charge in [-0.25, -0.2) is 8.78 Å². The molecule has 1 unspecified atom stereocenters. The molecule has 0 aromatic heterocycles. The van der Waals surface area contributed by atoms with Crippen molar-refractivity contribution in [1.29, 1.82) is 0 Å². The quantitative estimate of drug-likeness (QED) is 0.924. The molecule has 21 heavy (non-hydrogen) atoms. The van der Waals surface area contributed by atoms with Crippen LogP contribution in [-0.2, 0) is 12.8 Å². The van der Waals surface area contributed by atoms with Crippen LogP contribution in [0, 0.1) is 11.6 Å². The highest BCUT2D eigenvalue weighted by Crippen LogP contribution is 2.27. The lowest BCUT2D eigenvalue weighted by Gasteiger charge is -2.27. The number of ether oxygens (including phenoxy) is 1. The summed E-state index contributed by atoms with van der Waals surface area (Å²) in [4.78, 5) is 0. The molecule has 0 radical (unpaired) electrons. The van der Waals surface area contributed by atoms with Crippen LogP contribution in [0.3, 0.4) is 0 Å². The summed E-state index contributed by atoms with van der Waals surface area (Å²) in [7, 11) is 1.65. The number of nitrogens with one attached hydrogen (secondary N) is 1. The van der Waals surface area contributed by atoms with E-state index in [1.807, 2.05) is 12.1 Å². The molecule has 4 heteroatoms. The van der Waals surface area contributed by atoms with Crippen molar-refractivity contribution in [2.45, 2.75) is 25.3 Å². The summed E-state index contributed by atoms with van der Waals surface area (Å²) < 4.78 is 31.9. The summed E-state index contributed by atoms with van der Waals surface area (Å²) in [6.45, 7) is 0. The van der Waals surface area contributed by atoms with Crippen LogP contribution in [-0.4, -0.2) is 13.2 Å². The number of methoxy groups -OCH3 is 1. The van der Waals surface area contributed by atoms with Crippen LogP contribution in [0.1, 0.15) is 17.5 Å². The number of halogens is 2. The molecule has 1 aliphatic carbocycles. The van der Waals surface area contributed by atoms with Crippen LogP contribution in [0.5, 0.6) is 5.75 Å². The summed E-state index contributed by atoms with van der Waals surface area (Å²) in [6.07, 6.45) is 2.68. The summed E-state index contributed by atoms with van der Waals surface area (Å²) in [5, 5.41) is 3.17. The first-order valence-electron chi connectivity index (χ1n) is 7.03. The zero-order valence-corrected chi connectivity index (χ0v) is 11.8. The number of fused-ring (bicyclic) bond motifs is 1. The maximum absolute atomic E-state index is 13.7. The van der Waals surface area contributed by atoms with E-state index in [9.17, 15) is 8.78 Å². The molecule has 0 heterocycles. The summed E-state index contributed by atoms with van der Waals surface area (Å²) in [6, 6.07) is 9.85. The lowest BCUT2D eigenvalue weighted by atomic mass is 9.88. The normalized spacial score (nSPS) is 17.2. The van der Waals surface area contributed by atoms with E-state index >= 15 is 0 Å². The molecular formula is C17H17F2NO. The van der Waals surface area contributed by atoms with Crippen LogP contribution >= 0.6 is 0 Å². The third-order valence-corrected chi connectivity index (χ3v) is 3.93. The van der Waals surface area contributed by atoms with Crippen molar-refractivity contribution in [1.82, 2.24) is 0 Å². The molecule has 0 aliphatic heterocycles. The molecule has 3 rings (SSSR count). The molecule has 110 valence electrons. The Balaban J connectivity index is 1.76. The van der Waals surface area contributed by atoms with E-state index < -0.39 is 11.6 Å².